The van der Waals surface area contributed by atoms with Gasteiger partial charge in [-0.2, -0.15) is 5.26 Å². The number of rotatable bonds is 3. The molecule has 0 aliphatic carbocycles. The lowest BCUT2D eigenvalue weighted by atomic mass is 10.1. The molecule has 0 radical (unpaired) electrons. The van der Waals surface area contributed by atoms with E-state index < -0.39 is 17.1 Å². The fourth-order valence-electron chi connectivity index (χ4n) is 3.01. The third-order valence-electron chi connectivity index (χ3n) is 4.18. The topological polar surface area (TPSA) is 80.7 Å². The average Bonchev–Trinajstić information content (AvgIpc) is 3.04. The Morgan fingerprint density at radius 1 is 1.26 bits per heavy atom. The zero-order valence-corrected chi connectivity index (χ0v) is 16.1. The van der Waals surface area contributed by atoms with Gasteiger partial charge in [0.2, 0.25) is 0 Å². The molecule has 4 aromatic rings. The van der Waals surface area contributed by atoms with Crippen LogP contribution < -0.4 is 11.2 Å². The first-order valence-corrected chi connectivity index (χ1v) is 9.47. The first kappa shape index (κ1) is 17.6. The largest absolute Gasteiger partial charge is 0.336 e. The highest BCUT2D eigenvalue weighted by Gasteiger charge is 2.18. The number of benzene rings is 1. The predicted octanol–water partition coefficient (Wildman–Crippen LogP) is 3.58. The molecule has 0 bridgehead atoms. The van der Waals surface area contributed by atoms with Gasteiger partial charge in [0.05, 0.1) is 33.7 Å². The second kappa shape index (κ2) is 6.72. The van der Waals surface area contributed by atoms with E-state index in [0.29, 0.717) is 24.8 Å². The van der Waals surface area contributed by atoms with Gasteiger partial charge in [0.15, 0.2) is 0 Å². The molecule has 27 heavy (non-hydrogen) atoms. The van der Waals surface area contributed by atoms with E-state index >= 15 is 0 Å². The molecule has 0 unspecified atom stereocenters. The molecule has 0 fully saturated rings. The van der Waals surface area contributed by atoms with Crippen LogP contribution in [0.25, 0.3) is 26.7 Å². The number of fused-ring (bicyclic) bond motifs is 2. The van der Waals surface area contributed by atoms with Crippen molar-refractivity contribution in [3.8, 4) is 11.8 Å². The van der Waals surface area contributed by atoms with Crippen molar-refractivity contribution in [2.75, 3.05) is 0 Å². The molecule has 0 aliphatic rings. The van der Waals surface area contributed by atoms with E-state index in [1.54, 1.807) is 12.1 Å². The van der Waals surface area contributed by atoms with Gasteiger partial charge >= 0.3 is 5.69 Å². The van der Waals surface area contributed by atoms with Gasteiger partial charge in [-0.25, -0.2) is 13.8 Å². The Balaban J connectivity index is 2.15. The third-order valence-corrected chi connectivity index (χ3v) is 5.80. The number of nitrogens with zero attached hydrogens (tertiary/aromatic N) is 4. The summed E-state index contributed by atoms with van der Waals surface area (Å²) in [5.41, 5.74) is -0.420. The minimum atomic E-state index is -0.591. The number of thiophene rings is 1. The zero-order valence-electron chi connectivity index (χ0n) is 13.6. The maximum atomic E-state index is 13.8. The van der Waals surface area contributed by atoms with Crippen LogP contribution in [0.15, 0.2) is 50.0 Å². The number of hydrogen-bond acceptors (Lipinski definition) is 5. The number of nitriles is 1. The van der Waals surface area contributed by atoms with Crippen LogP contribution in [0.3, 0.4) is 0 Å². The molecule has 4 rings (SSSR count). The lowest BCUT2D eigenvalue weighted by molar-refractivity contribution is 0.629. The Labute approximate surface area is 163 Å². The van der Waals surface area contributed by atoms with Crippen molar-refractivity contribution in [1.82, 2.24) is 14.1 Å². The van der Waals surface area contributed by atoms with E-state index in [-0.39, 0.29) is 18.7 Å². The molecule has 6 nitrogen and oxygen atoms in total. The van der Waals surface area contributed by atoms with Crippen LogP contribution in [-0.2, 0) is 6.54 Å². The molecule has 0 aliphatic heterocycles. The molecular formula is C18H10BrFN4O2S. The second-order valence-electron chi connectivity index (χ2n) is 5.77. The summed E-state index contributed by atoms with van der Waals surface area (Å²) >= 11 is 4.54. The molecule has 9 heteroatoms. The smallest absolute Gasteiger partial charge is 0.291 e. The summed E-state index contributed by atoms with van der Waals surface area (Å²) in [6.45, 7) is 0.141. The normalized spacial score (nSPS) is 11.1. The Kier molecular flexibility index (Phi) is 4.37. The highest BCUT2D eigenvalue weighted by molar-refractivity contribution is 9.11. The zero-order chi connectivity index (χ0) is 19.1. The maximum Gasteiger partial charge on any atom is 0.336 e. The lowest BCUT2D eigenvalue weighted by Crippen LogP contribution is -2.38. The Morgan fingerprint density at radius 3 is 2.85 bits per heavy atom. The van der Waals surface area contributed by atoms with Gasteiger partial charge < -0.3 is 0 Å². The minimum absolute atomic E-state index is 0.114. The van der Waals surface area contributed by atoms with Crippen molar-refractivity contribution in [2.24, 2.45) is 0 Å². The standard InChI is InChI=1S/C18H10BrFN4O2S/c19-15-7-13-16(27-15)17(25)24(18(26)23(13)5-1-4-21)14-9-22-8-10-2-3-11(20)6-12(10)14/h2-3,6-9H,1,5H2. The second-order valence-corrected chi connectivity index (χ2v) is 8.20. The van der Waals surface area contributed by atoms with Crippen LogP contribution in [0.5, 0.6) is 0 Å². The van der Waals surface area contributed by atoms with E-state index in [2.05, 4.69) is 20.9 Å². The summed E-state index contributed by atoms with van der Waals surface area (Å²) in [4.78, 5) is 30.3. The summed E-state index contributed by atoms with van der Waals surface area (Å²) in [5, 5.41) is 9.93. The molecule has 0 saturated carbocycles. The van der Waals surface area contributed by atoms with Crippen LogP contribution in [0.4, 0.5) is 4.39 Å². The van der Waals surface area contributed by atoms with Gasteiger partial charge in [-0.05, 0) is 40.2 Å². The fourth-order valence-corrected chi connectivity index (χ4v) is 4.53. The molecule has 0 N–H and O–H groups in total. The van der Waals surface area contributed by atoms with Crippen LogP contribution in [0, 0.1) is 17.1 Å². The number of pyridine rings is 1. The molecule has 0 atom stereocenters. The Bertz CT molecular complexity index is 1370. The van der Waals surface area contributed by atoms with E-state index in [0.717, 1.165) is 4.57 Å². The van der Waals surface area contributed by atoms with Crippen molar-refractivity contribution >= 4 is 48.3 Å². The van der Waals surface area contributed by atoms with Crippen LogP contribution in [0.2, 0.25) is 0 Å². The van der Waals surface area contributed by atoms with Crippen molar-refractivity contribution in [3.05, 3.63) is 67.1 Å². The van der Waals surface area contributed by atoms with Gasteiger partial charge in [-0.15, -0.1) is 11.3 Å². The van der Waals surface area contributed by atoms with Gasteiger partial charge in [-0.1, -0.05) is 0 Å². The molecule has 1 aromatic carbocycles. The SMILES string of the molecule is N#CCCn1c(=O)n(-c2cncc3ccc(F)cc23)c(=O)c2sc(Br)cc21. The summed E-state index contributed by atoms with van der Waals surface area (Å²) in [6.07, 6.45) is 3.02. The Hall–Kier alpha value is -2.83. The van der Waals surface area contributed by atoms with Crippen molar-refractivity contribution in [3.63, 3.8) is 0 Å². The first-order chi connectivity index (χ1) is 13.0. The fraction of sp³-hybridized carbons (Fsp3) is 0.111. The third kappa shape index (κ3) is 2.87. The highest BCUT2D eigenvalue weighted by atomic mass is 79.9. The van der Waals surface area contributed by atoms with Gasteiger partial charge in [0.25, 0.3) is 5.56 Å². The molecule has 134 valence electrons. The molecular weight excluding hydrogens is 435 g/mol. The lowest BCUT2D eigenvalue weighted by Gasteiger charge is -2.12. The Morgan fingerprint density at radius 2 is 2.07 bits per heavy atom. The van der Waals surface area contributed by atoms with E-state index in [1.807, 2.05) is 6.07 Å². The number of aromatic nitrogens is 3. The monoisotopic (exact) mass is 444 g/mol. The first-order valence-electron chi connectivity index (χ1n) is 7.87. The van der Waals surface area contributed by atoms with Crippen LogP contribution in [-0.4, -0.2) is 14.1 Å². The molecule has 0 amide bonds. The van der Waals surface area contributed by atoms with Crippen LogP contribution >= 0.6 is 27.3 Å². The summed E-state index contributed by atoms with van der Waals surface area (Å²) in [5.74, 6) is -0.479. The highest BCUT2D eigenvalue weighted by Crippen LogP contribution is 2.27. The van der Waals surface area contributed by atoms with Crippen LogP contribution in [0.1, 0.15) is 6.42 Å². The molecule has 3 aromatic heterocycles. The van der Waals surface area contributed by atoms with Crippen molar-refractivity contribution in [1.29, 1.82) is 5.26 Å². The number of hydrogen-bond donors (Lipinski definition) is 0. The minimum Gasteiger partial charge on any atom is -0.291 e. The maximum absolute atomic E-state index is 13.8. The van der Waals surface area contributed by atoms with Crippen molar-refractivity contribution < 1.29 is 4.39 Å². The summed E-state index contributed by atoms with van der Waals surface area (Å²) in [6, 6.07) is 7.80. The van der Waals surface area contributed by atoms with E-state index in [9.17, 15) is 14.0 Å². The summed E-state index contributed by atoms with van der Waals surface area (Å²) < 4.78 is 17.3. The average molecular weight is 445 g/mol. The summed E-state index contributed by atoms with van der Waals surface area (Å²) in [7, 11) is 0. The van der Waals surface area contributed by atoms with Gasteiger partial charge in [-0.3, -0.25) is 14.3 Å². The van der Waals surface area contributed by atoms with E-state index in [4.69, 9.17) is 5.26 Å². The van der Waals surface area contributed by atoms with E-state index in [1.165, 1.54) is 40.4 Å². The predicted molar refractivity (Wildman–Crippen MR) is 105 cm³/mol. The molecule has 0 saturated heterocycles. The van der Waals surface area contributed by atoms with Crippen molar-refractivity contribution in [2.45, 2.75) is 13.0 Å². The molecule has 3 heterocycles. The quantitative estimate of drug-likeness (QED) is 0.483. The van der Waals surface area contributed by atoms with Gasteiger partial charge in [0.1, 0.15) is 10.5 Å². The number of aryl methyl sites for hydroxylation is 1. The number of halogens is 2. The molecule has 0 spiro atoms. The van der Waals surface area contributed by atoms with Gasteiger partial charge in [0, 0.05) is 23.5 Å².